The molecule has 1 fully saturated rings. The van der Waals surface area contributed by atoms with Crippen LogP contribution in [0.1, 0.15) is 10.6 Å². The van der Waals surface area contributed by atoms with E-state index in [9.17, 15) is 0 Å². The molecule has 1 aliphatic heterocycles. The molecule has 1 aromatic carbocycles. The average Bonchev–Trinajstić information content (AvgIpc) is 3.03. The Morgan fingerprint density at radius 3 is 2.91 bits per heavy atom. The first kappa shape index (κ1) is 15.3. The molecule has 1 aromatic heterocycles. The van der Waals surface area contributed by atoms with Gasteiger partial charge < -0.3 is 15.2 Å². The van der Waals surface area contributed by atoms with Crippen LogP contribution in [0.2, 0.25) is 0 Å². The quantitative estimate of drug-likeness (QED) is 0.826. The number of aromatic nitrogens is 1. The second-order valence-electron chi connectivity index (χ2n) is 5.28. The van der Waals surface area contributed by atoms with Gasteiger partial charge in [-0.1, -0.05) is 6.07 Å². The summed E-state index contributed by atoms with van der Waals surface area (Å²) in [6.45, 7) is 5.14. The molecule has 2 aromatic rings. The van der Waals surface area contributed by atoms with E-state index in [2.05, 4.69) is 16.0 Å². The van der Waals surface area contributed by atoms with Crippen LogP contribution in [0.3, 0.4) is 0 Å². The number of hydrogen-bond acceptors (Lipinski definition) is 6. The molecule has 0 atom stereocenters. The smallest absolute Gasteiger partial charge is 0.142 e. The van der Waals surface area contributed by atoms with Gasteiger partial charge in [-0.25, -0.2) is 4.98 Å². The first-order valence-corrected chi connectivity index (χ1v) is 8.39. The van der Waals surface area contributed by atoms with E-state index >= 15 is 0 Å². The van der Waals surface area contributed by atoms with E-state index in [1.165, 1.54) is 0 Å². The molecule has 0 saturated carbocycles. The molecule has 118 valence electrons. The highest BCUT2D eigenvalue weighted by Crippen LogP contribution is 2.24. The van der Waals surface area contributed by atoms with Crippen molar-refractivity contribution in [3.8, 4) is 5.75 Å². The van der Waals surface area contributed by atoms with E-state index in [4.69, 9.17) is 15.2 Å². The summed E-state index contributed by atoms with van der Waals surface area (Å²) in [6.07, 6.45) is 2.64. The molecule has 2 N–H and O–H groups in total. The van der Waals surface area contributed by atoms with Crippen molar-refractivity contribution in [1.29, 1.82) is 0 Å². The zero-order valence-corrected chi connectivity index (χ0v) is 13.3. The lowest BCUT2D eigenvalue weighted by Gasteiger charge is -2.26. The number of nitrogens with zero attached hydrogens (tertiary/aromatic N) is 2. The van der Waals surface area contributed by atoms with Gasteiger partial charge in [0.25, 0.3) is 0 Å². The zero-order chi connectivity index (χ0) is 15.2. The lowest BCUT2D eigenvalue weighted by Crippen LogP contribution is -2.38. The molecule has 0 aliphatic carbocycles. The third-order valence-electron chi connectivity index (χ3n) is 3.68. The molecule has 1 saturated heterocycles. The topological polar surface area (TPSA) is 60.6 Å². The fraction of sp³-hybridized carbons (Fsp3) is 0.438. The number of thiazole rings is 1. The van der Waals surface area contributed by atoms with Crippen molar-refractivity contribution in [2.24, 2.45) is 0 Å². The maximum absolute atomic E-state index is 6.09. The Balaban J connectivity index is 1.51. The maximum atomic E-state index is 6.09. The van der Waals surface area contributed by atoms with Gasteiger partial charge in [0, 0.05) is 37.6 Å². The molecule has 5 nitrogen and oxygen atoms in total. The Kier molecular flexibility index (Phi) is 5.26. The van der Waals surface area contributed by atoms with Crippen molar-refractivity contribution in [2.45, 2.75) is 6.42 Å². The van der Waals surface area contributed by atoms with Crippen LogP contribution in [0.25, 0.3) is 0 Å². The average molecular weight is 319 g/mol. The highest BCUT2D eigenvalue weighted by molar-refractivity contribution is 7.09. The number of rotatable bonds is 6. The minimum Gasteiger partial charge on any atom is -0.490 e. The van der Waals surface area contributed by atoms with Crippen LogP contribution in [-0.4, -0.2) is 49.3 Å². The van der Waals surface area contributed by atoms with Crippen LogP contribution >= 0.6 is 11.3 Å². The van der Waals surface area contributed by atoms with E-state index in [-0.39, 0.29) is 0 Å². The Labute approximate surface area is 134 Å². The summed E-state index contributed by atoms with van der Waals surface area (Å²) in [7, 11) is 0. The molecular weight excluding hydrogens is 298 g/mol. The monoisotopic (exact) mass is 319 g/mol. The van der Waals surface area contributed by atoms with Crippen LogP contribution < -0.4 is 10.5 Å². The molecule has 22 heavy (non-hydrogen) atoms. The van der Waals surface area contributed by atoms with Gasteiger partial charge in [-0.3, -0.25) is 4.90 Å². The van der Waals surface area contributed by atoms with Crippen LogP contribution in [-0.2, 0) is 11.2 Å². The van der Waals surface area contributed by atoms with Crippen molar-refractivity contribution in [3.05, 3.63) is 40.3 Å². The van der Waals surface area contributed by atoms with Gasteiger partial charge in [-0.2, -0.15) is 0 Å². The summed E-state index contributed by atoms with van der Waals surface area (Å²) in [5, 5.41) is 3.09. The summed E-state index contributed by atoms with van der Waals surface area (Å²) in [5.74, 6) is 0.760. The summed E-state index contributed by atoms with van der Waals surface area (Å²) >= 11 is 1.66. The molecular formula is C16H21N3O2S. The normalized spacial score (nSPS) is 15.8. The van der Waals surface area contributed by atoms with E-state index < -0.39 is 0 Å². The van der Waals surface area contributed by atoms with Gasteiger partial charge >= 0.3 is 0 Å². The Morgan fingerprint density at radius 1 is 1.32 bits per heavy atom. The molecule has 0 spiro atoms. The molecule has 6 heteroatoms. The standard InChI is InChI=1S/C16H21N3O2S/c17-14-11-13(12-16-18-3-10-22-16)1-2-15(14)21-9-6-19-4-7-20-8-5-19/h1-3,10-11H,4-9,12,17H2. The van der Waals surface area contributed by atoms with Crippen LogP contribution in [0.5, 0.6) is 5.75 Å². The first-order valence-electron chi connectivity index (χ1n) is 7.51. The molecule has 3 rings (SSSR count). The van der Waals surface area contributed by atoms with Gasteiger partial charge in [0.05, 0.1) is 23.9 Å². The van der Waals surface area contributed by atoms with E-state index in [1.807, 2.05) is 23.7 Å². The Morgan fingerprint density at radius 2 is 2.18 bits per heavy atom. The largest absolute Gasteiger partial charge is 0.490 e. The minimum atomic E-state index is 0.649. The lowest BCUT2D eigenvalue weighted by atomic mass is 10.1. The molecule has 0 unspecified atom stereocenters. The van der Waals surface area contributed by atoms with Crippen LogP contribution in [0.15, 0.2) is 29.8 Å². The molecule has 1 aliphatic rings. The molecule has 0 bridgehead atoms. The zero-order valence-electron chi connectivity index (χ0n) is 12.5. The van der Waals surface area contributed by atoms with Gasteiger partial charge in [-0.15, -0.1) is 11.3 Å². The molecule has 0 radical (unpaired) electrons. The first-order chi connectivity index (χ1) is 10.8. The molecule has 2 heterocycles. The number of hydrogen-bond donors (Lipinski definition) is 1. The lowest BCUT2D eigenvalue weighted by molar-refractivity contribution is 0.0323. The SMILES string of the molecule is Nc1cc(Cc2nccs2)ccc1OCCN1CCOCC1. The van der Waals surface area contributed by atoms with Gasteiger partial charge in [0.1, 0.15) is 12.4 Å². The Hall–Kier alpha value is -1.63. The molecule has 0 amide bonds. The predicted octanol–water partition coefficient (Wildman–Crippen LogP) is 2.03. The number of morpholine rings is 1. The summed E-state index contributed by atoms with van der Waals surface area (Å²) in [6, 6.07) is 5.99. The predicted molar refractivity (Wildman–Crippen MR) is 88.5 cm³/mol. The van der Waals surface area contributed by atoms with Gasteiger partial charge in [0.15, 0.2) is 0 Å². The van der Waals surface area contributed by atoms with E-state index in [1.54, 1.807) is 11.3 Å². The van der Waals surface area contributed by atoms with Crippen molar-refractivity contribution in [3.63, 3.8) is 0 Å². The summed E-state index contributed by atoms with van der Waals surface area (Å²) in [4.78, 5) is 6.64. The third kappa shape index (κ3) is 4.19. The summed E-state index contributed by atoms with van der Waals surface area (Å²) < 4.78 is 11.1. The van der Waals surface area contributed by atoms with Crippen LogP contribution in [0, 0.1) is 0 Å². The second kappa shape index (κ2) is 7.58. The number of anilines is 1. The van der Waals surface area contributed by atoms with Crippen molar-refractivity contribution < 1.29 is 9.47 Å². The van der Waals surface area contributed by atoms with E-state index in [0.29, 0.717) is 12.3 Å². The number of nitrogen functional groups attached to an aromatic ring is 1. The minimum absolute atomic E-state index is 0.649. The number of ether oxygens (including phenoxy) is 2. The second-order valence-corrected chi connectivity index (χ2v) is 6.26. The Bertz CT molecular complexity index is 583. The number of nitrogens with two attached hydrogens (primary N) is 1. The van der Waals surface area contributed by atoms with Crippen molar-refractivity contribution in [1.82, 2.24) is 9.88 Å². The van der Waals surface area contributed by atoms with Crippen molar-refractivity contribution >= 4 is 17.0 Å². The van der Waals surface area contributed by atoms with Crippen LogP contribution in [0.4, 0.5) is 5.69 Å². The number of benzene rings is 1. The third-order valence-corrected chi connectivity index (χ3v) is 4.46. The maximum Gasteiger partial charge on any atom is 0.142 e. The highest BCUT2D eigenvalue weighted by atomic mass is 32.1. The highest BCUT2D eigenvalue weighted by Gasteiger charge is 2.10. The van der Waals surface area contributed by atoms with E-state index in [0.717, 1.165) is 55.6 Å². The van der Waals surface area contributed by atoms with Crippen molar-refractivity contribution in [2.75, 3.05) is 45.2 Å². The fourth-order valence-electron chi connectivity index (χ4n) is 2.46. The summed E-state index contributed by atoms with van der Waals surface area (Å²) in [5.41, 5.74) is 7.94. The fourth-order valence-corrected chi connectivity index (χ4v) is 3.11. The van der Waals surface area contributed by atoms with Gasteiger partial charge in [-0.05, 0) is 17.7 Å². The van der Waals surface area contributed by atoms with Gasteiger partial charge in [0.2, 0.25) is 0 Å².